The van der Waals surface area contributed by atoms with Crippen LogP contribution in [0.2, 0.25) is 0 Å². The third-order valence-corrected chi connectivity index (χ3v) is 3.09. The van der Waals surface area contributed by atoms with Gasteiger partial charge in [-0.3, -0.25) is 19.2 Å². The number of hydrogen-bond donors (Lipinski definition) is 6. The second kappa shape index (κ2) is 10.6. The van der Waals surface area contributed by atoms with Crippen LogP contribution in [0, 0.1) is 5.92 Å². The van der Waals surface area contributed by atoms with Gasteiger partial charge < -0.3 is 31.9 Å². The van der Waals surface area contributed by atoms with Crippen LogP contribution in [0.4, 0.5) is 0 Å². The Morgan fingerprint density at radius 3 is 1.92 bits per heavy atom. The van der Waals surface area contributed by atoms with E-state index in [1.807, 2.05) is 13.8 Å². The van der Waals surface area contributed by atoms with E-state index in [9.17, 15) is 24.3 Å². The number of carbonyl (C=O) groups is 4. The number of aliphatic hydroxyl groups excluding tert-OH is 1. The van der Waals surface area contributed by atoms with Gasteiger partial charge in [0.05, 0.1) is 13.2 Å². The van der Waals surface area contributed by atoms with Gasteiger partial charge in [0.2, 0.25) is 17.7 Å². The maximum absolute atomic E-state index is 12.2. The molecule has 0 heterocycles. The topological polar surface area (TPSA) is 171 Å². The summed E-state index contributed by atoms with van der Waals surface area (Å²) in [5.74, 6) is -3.22. The fourth-order valence-electron chi connectivity index (χ4n) is 1.80. The fourth-order valence-corrected chi connectivity index (χ4v) is 1.80. The van der Waals surface area contributed by atoms with E-state index < -0.39 is 48.4 Å². The molecule has 0 spiro atoms. The molecule has 3 unspecified atom stereocenters. The summed E-state index contributed by atoms with van der Waals surface area (Å²) in [5.41, 5.74) is 5.13. The summed E-state index contributed by atoms with van der Waals surface area (Å²) < 4.78 is 0. The monoisotopic (exact) mass is 346 g/mol. The number of carboxylic acid groups (broad SMARTS) is 1. The molecule has 0 radical (unpaired) electrons. The van der Waals surface area contributed by atoms with Crippen molar-refractivity contribution >= 4 is 23.7 Å². The van der Waals surface area contributed by atoms with Gasteiger partial charge in [0, 0.05) is 0 Å². The first-order chi connectivity index (χ1) is 11.1. The summed E-state index contributed by atoms with van der Waals surface area (Å²) in [4.78, 5) is 46.3. The highest BCUT2D eigenvalue weighted by molar-refractivity contribution is 5.93. The predicted molar refractivity (Wildman–Crippen MR) is 84.7 cm³/mol. The first-order valence-corrected chi connectivity index (χ1v) is 7.56. The Balaban J connectivity index is 4.98. The van der Waals surface area contributed by atoms with Gasteiger partial charge in [0.25, 0.3) is 0 Å². The van der Waals surface area contributed by atoms with Crippen molar-refractivity contribution < 1.29 is 29.4 Å². The molecule has 0 aromatic carbocycles. The first-order valence-electron chi connectivity index (χ1n) is 7.56. The van der Waals surface area contributed by atoms with Crippen molar-refractivity contribution in [3.8, 4) is 0 Å². The highest BCUT2D eigenvalue weighted by Crippen LogP contribution is 2.06. The van der Waals surface area contributed by atoms with Crippen LogP contribution in [0.1, 0.15) is 27.2 Å². The van der Waals surface area contributed by atoms with Crippen LogP contribution in [-0.2, 0) is 19.2 Å². The molecule has 0 saturated heterocycles. The van der Waals surface area contributed by atoms with E-state index in [0.717, 1.165) is 0 Å². The standard InChI is InChI=1S/C14H26N4O6/c1-7(2)4-9(12(21)16-8(3)14(23)24)18-13(22)10(6-19)17-11(20)5-15/h7-10,19H,4-6,15H2,1-3H3,(H,16,21)(H,17,20)(H,18,22)(H,23,24). The molecule has 0 saturated carbocycles. The summed E-state index contributed by atoms with van der Waals surface area (Å²) in [7, 11) is 0. The largest absolute Gasteiger partial charge is 0.480 e. The maximum Gasteiger partial charge on any atom is 0.325 e. The van der Waals surface area contributed by atoms with Crippen LogP contribution in [0.5, 0.6) is 0 Å². The molecule has 3 atom stereocenters. The Morgan fingerprint density at radius 1 is 0.958 bits per heavy atom. The van der Waals surface area contributed by atoms with E-state index >= 15 is 0 Å². The molecule has 0 fully saturated rings. The first kappa shape index (κ1) is 21.8. The molecular weight excluding hydrogens is 320 g/mol. The number of carboxylic acids is 1. The summed E-state index contributed by atoms with van der Waals surface area (Å²) in [6, 6.07) is -3.36. The quantitative estimate of drug-likeness (QED) is 0.255. The van der Waals surface area contributed by atoms with E-state index in [2.05, 4.69) is 16.0 Å². The molecule has 24 heavy (non-hydrogen) atoms. The van der Waals surface area contributed by atoms with Crippen LogP contribution in [0.3, 0.4) is 0 Å². The van der Waals surface area contributed by atoms with Gasteiger partial charge in [0.1, 0.15) is 18.1 Å². The molecule has 10 nitrogen and oxygen atoms in total. The number of aliphatic carboxylic acids is 1. The molecule has 0 aromatic rings. The van der Waals surface area contributed by atoms with Crippen molar-refractivity contribution in [3.63, 3.8) is 0 Å². The predicted octanol–water partition coefficient (Wildman–Crippen LogP) is -2.46. The van der Waals surface area contributed by atoms with Crippen molar-refractivity contribution in [1.29, 1.82) is 0 Å². The normalized spacial score (nSPS) is 14.4. The van der Waals surface area contributed by atoms with Gasteiger partial charge in [-0.2, -0.15) is 0 Å². The van der Waals surface area contributed by atoms with Gasteiger partial charge in [0.15, 0.2) is 0 Å². The van der Waals surface area contributed by atoms with E-state index in [0.29, 0.717) is 0 Å². The number of carbonyl (C=O) groups excluding carboxylic acids is 3. The zero-order chi connectivity index (χ0) is 18.9. The highest BCUT2D eigenvalue weighted by atomic mass is 16.4. The Kier molecular flexibility index (Phi) is 9.58. The smallest absolute Gasteiger partial charge is 0.325 e. The Bertz CT molecular complexity index is 468. The van der Waals surface area contributed by atoms with Crippen molar-refractivity contribution in [2.75, 3.05) is 13.2 Å². The number of amides is 3. The molecule has 0 aromatic heterocycles. The van der Waals surface area contributed by atoms with Crippen LogP contribution >= 0.6 is 0 Å². The molecular formula is C14H26N4O6. The van der Waals surface area contributed by atoms with Crippen LogP contribution in [0.25, 0.3) is 0 Å². The van der Waals surface area contributed by atoms with Gasteiger partial charge >= 0.3 is 5.97 Å². The third kappa shape index (κ3) is 7.88. The van der Waals surface area contributed by atoms with Gasteiger partial charge in [-0.05, 0) is 19.3 Å². The molecule has 0 rings (SSSR count). The van der Waals surface area contributed by atoms with Gasteiger partial charge in [-0.15, -0.1) is 0 Å². The minimum Gasteiger partial charge on any atom is -0.480 e. The van der Waals surface area contributed by atoms with Crippen LogP contribution in [0.15, 0.2) is 0 Å². The van der Waals surface area contributed by atoms with Crippen molar-refractivity contribution in [1.82, 2.24) is 16.0 Å². The van der Waals surface area contributed by atoms with Crippen molar-refractivity contribution in [2.24, 2.45) is 11.7 Å². The Labute approximate surface area is 140 Å². The summed E-state index contributed by atoms with van der Waals surface area (Å²) in [6.45, 7) is 3.93. The molecule has 0 aliphatic carbocycles. The zero-order valence-corrected chi connectivity index (χ0v) is 14.0. The van der Waals surface area contributed by atoms with Crippen molar-refractivity contribution in [3.05, 3.63) is 0 Å². The highest BCUT2D eigenvalue weighted by Gasteiger charge is 2.28. The summed E-state index contributed by atoms with van der Waals surface area (Å²) in [5, 5.41) is 24.9. The van der Waals surface area contributed by atoms with Gasteiger partial charge in [-0.1, -0.05) is 13.8 Å². The number of nitrogens with one attached hydrogen (secondary N) is 3. The van der Waals surface area contributed by atoms with Crippen LogP contribution < -0.4 is 21.7 Å². The Morgan fingerprint density at radius 2 is 1.50 bits per heavy atom. The SMILES string of the molecule is CC(C)CC(NC(=O)C(CO)NC(=O)CN)C(=O)NC(C)C(=O)O. The van der Waals surface area contributed by atoms with Gasteiger partial charge in [-0.25, -0.2) is 0 Å². The molecule has 0 bridgehead atoms. The maximum atomic E-state index is 12.2. The molecule has 0 aliphatic rings. The number of hydrogen-bond acceptors (Lipinski definition) is 6. The second-order valence-electron chi connectivity index (χ2n) is 5.77. The lowest BCUT2D eigenvalue weighted by atomic mass is 10.0. The number of nitrogens with two attached hydrogens (primary N) is 1. The molecule has 3 amide bonds. The molecule has 138 valence electrons. The zero-order valence-electron chi connectivity index (χ0n) is 14.0. The molecule has 0 aliphatic heterocycles. The van der Waals surface area contributed by atoms with Crippen molar-refractivity contribution in [2.45, 2.75) is 45.3 Å². The number of aliphatic hydroxyl groups is 1. The summed E-state index contributed by atoms with van der Waals surface area (Å²) >= 11 is 0. The van der Waals surface area contributed by atoms with E-state index in [1.54, 1.807) is 0 Å². The second-order valence-corrected chi connectivity index (χ2v) is 5.77. The lowest BCUT2D eigenvalue weighted by Crippen LogP contribution is -2.57. The fraction of sp³-hybridized carbons (Fsp3) is 0.714. The molecule has 10 heteroatoms. The summed E-state index contributed by atoms with van der Waals surface area (Å²) in [6.07, 6.45) is 0.257. The third-order valence-electron chi connectivity index (χ3n) is 3.09. The van der Waals surface area contributed by atoms with E-state index in [-0.39, 0.29) is 18.9 Å². The minimum atomic E-state index is -1.25. The average molecular weight is 346 g/mol. The lowest BCUT2D eigenvalue weighted by molar-refractivity contribution is -0.142. The van der Waals surface area contributed by atoms with E-state index in [4.69, 9.17) is 10.8 Å². The minimum absolute atomic E-state index is 0.0346. The molecule has 7 N–H and O–H groups in total. The Hall–Kier alpha value is -2.20. The van der Waals surface area contributed by atoms with E-state index in [1.165, 1.54) is 6.92 Å². The average Bonchev–Trinajstić information content (AvgIpc) is 2.50. The lowest BCUT2D eigenvalue weighted by Gasteiger charge is -2.24. The van der Waals surface area contributed by atoms with Crippen LogP contribution in [-0.4, -0.2) is 65.2 Å². The number of rotatable bonds is 10.